The van der Waals surface area contributed by atoms with Gasteiger partial charge in [-0.3, -0.25) is 20.2 Å². The van der Waals surface area contributed by atoms with E-state index in [1.807, 2.05) is 30.3 Å². The van der Waals surface area contributed by atoms with Crippen LogP contribution in [0.5, 0.6) is 5.75 Å². The average Bonchev–Trinajstić information content (AvgIpc) is 2.80. The molecule has 0 saturated heterocycles. The first-order valence-corrected chi connectivity index (χ1v) is 9.66. The van der Waals surface area contributed by atoms with Gasteiger partial charge in [0, 0.05) is 18.6 Å². The molecular weight excluding hydrogens is 456 g/mol. The molecule has 3 rings (SSSR count). The minimum atomic E-state index is -1.50. The molecule has 0 saturated carbocycles. The lowest BCUT2D eigenvalue weighted by Crippen LogP contribution is -2.13. The first-order valence-electron chi connectivity index (χ1n) is 9.66. The fourth-order valence-electron chi connectivity index (χ4n) is 2.80. The van der Waals surface area contributed by atoms with Crippen LogP contribution in [0.1, 0.15) is 28.4 Å². The van der Waals surface area contributed by atoms with Crippen LogP contribution < -0.4 is 10.5 Å². The molecule has 0 amide bonds. The lowest BCUT2D eigenvalue weighted by Gasteiger charge is -2.19. The number of nitrogens with two attached hydrogens (primary N) is 1. The van der Waals surface area contributed by atoms with E-state index in [1.165, 1.54) is 12.1 Å². The van der Waals surface area contributed by atoms with Crippen molar-refractivity contribution >= 4 is 17.3 Å². The van der Waals surface area contributed by atoms with E-state index in [-0.39, 0.29) is 11.9 Å². The number of halogens is 2. The number of nitro benzene ring substituents is 2. The van der Waals surface area contributed by atoms with Gasteiger partial charge in [0.2, 0.25) is 0 Å². The molecule has 0 aliphatic carbocycles. The van der Waals surface area contributed by atoms with Crippen molar-refractivity contribution in [1.82, 2.24) is 0 Å². The summed E-state index contributed by atoms with van der Waals surface area (Å²) in [7, 11) is 0. The minimum absolute atomic E-state index is 0.0312. The number of benzene rings is 3. The fourth-order valence-corrected chi connectivity index (χ4v) is 2.80. The van der Waals surface area contributed by atoms with E-state index < -0.39 is 44.4 Å². The molecule has 1 atom stereocenters. The van der Waals surface area contributed by atoms with Gasteiger partial charge >= 0.3 is 5.97 Å². The molecule has 0 bridgehead atoms. The van der Waals surface area contributed by atoms with Crippen molar-refractivity contribution in [2.24, 2.45) is 5.73 Å². The van der Waals surface area contributed by atoms with Crippen LogP contribution in [-0.4, -0.2) is 27.5 Å². The first-order chi connectivity index (χ1) is 16.1. The number of carboxylic acids is 1. The third-order valence-electron chi connectivity index (χ3n) is 4.38. The smallest absolute Gasteiger partial charge is 0.342 e. The Kier molecular flexibility index (Phi) is 9.08. The number of carboxylic acid groups (broad SMARTS) is 1. The minimum Gasteiger partial charge on any atom is -0.483 e. The molecule has 3 aromatic carbocycles. The molecular formula is C22H19F2N3O7. The average molecular weight is 475 g/mol. The zero-order valence-electron chi connectivity index (χ0n) is 17.5. The Bertz CT molecular complexity index is 1180. The monoisotopic (exact) mass is 475 g/mol. The topological polar surface area (TPSA) is 159 Å². The van der Waals surface area contributed by atoms with Crippen molar-refractivity contribution in [3.05, 3.63) is 110 Å². The molecule has 0 aromatic heterocycles. The highest BCUT2D eigenvalue weighted by Gasteiger charge is 2.23. The van der Waals surface area contributed by atoms with Gasteiger partial charge in [0.05, 0.1) is 15.9 Å². The second-order valence-corrected chi connectivity index (χ2v) is 6.69. The van der Waals surface area contributed by atoms with Gasteiger partial charge in [0.25, 0.3) is 11.4 Å². The van der Waals surface area contributed by atoms with Crippen LogP contribution in [0.4, 0.5) is 20.2 Å². The Balaban J connectivity index is 0.000000248. The Morgan fingerprint density at radius 3 is 2.21 bits per heavy atom. The summed E-state index contributed by atoms with van der Waals surface area (Å²) in [4.78, 5) is 29.4. The molecule has 0 heterocycles. The summed E-state index contributed by atoms with van der Waals surface area (Å²) >= 11 is 0. The van der Waals surface area contributed by atoms with Gasteiger partial charge in [-0.15, -0.1) is 0 Å². The number of aromatic carboxylic acids is 1. The van der Waals surface area contributed by atoms with Gasteiger partial charge < -0.3 is 15.6 Å². The number of carbonyl (C=O) groups is 1. The Morgan fingerprint density at radius 1 is 1.00 bits per heavy atom. The molecule has 0 fully saturated rings. The Morgan fingerprint density at radius 2 is 1.68 bits per heavy atom. The number of nitro groups is 2. The highest BCUT2D eigenvalue weighted by atomic mass is 19.1. The van der Waals surface area contributed by atoms with E-state index in [4.69, 9.17) is 15.6 Å². The predicted octanol–water partition coefficient (Wildman–Crippen LogP) is 4.63. The molecule has 0 radical (unpaired) electrons. The van der Waals surface area contributed by atoms with Crippen LogP contribution >= 0.6 is 0 Å². The van der Waals surface area contributed by atoms with Gasteiger partial charge in [0.15, 0.2) is 11.6 Å². The van der Waals surface area contributed by atoms with Gasteiger partial charge in [-0.1, -0.05) is 30.3 Å². The van der Waals surface area contributed by atoms with Crippen molar-refractivity contribution in [2.45, 2.75) is 12.5 Å². The van der Waals surface area contributed by atoms with E-state index in [0.717, 1.165) is 23.8 Å². The Labute approximate surface area is 191 Å². The van der Waals surface area contributed by atoms with Gasteiger partial charge in [0.1, 0.15) is 17.5 Å². The second kappa shape index (κ2) is 12.0. The number of hydrogen-bond acceptors (Lipinski definition) is 7. The molecule has 3 aromatic rings. The summed E-state index contributed by atoms with van der Waals surface area (Å²) < 4.78 is 32.0. The van der Waals surface area contributed by atoms with Crippen molar-refractivity contribution in [2.75, 3.05) is 6.54 Å². The zero-order chi connectivity index (χ0) is 25.3. The maximum Gasteiger partial charge on any atom is 0.342 e. The van der Waals surface area contributed by atoms with Gasteiger partial charge in [-0.25, -0.2) is 13.6 Å². The summed E-state index contributed by atoms with van der Waals surface area (Å²) in [5.74, 6) is -2.81. The van der Waals surface area contributed by atoms with Crippen LogP contribution in [-0.2, 0) is 0 Å². The first kappa shape index (κ1) is 25.8. The summed E-state index contributed by atoms with van der Waals surface area (Å²) in [6, 6.07) is 15.0. The molecule has 178 valence electrons. The maximum absolute atomic E-state index is 13.6. The molecule has 0 aliphatic heterocycles. The van der Waals surface area contributed by atoms with Gasteiger partial charge in [-0.05, 0) is 30.3 Å². The molecule has 1 unspecified atom stereocenters. The van der Waals surface area contributed by atoms with Gasteiger partial charge in [-0.2, -0.15) is 0 Å². The largest absolute Gasteiger partial charge is 0.483 e. The Hall–Kier alpha value is -4.45. The number of hydrogen-bond donors (Lipinski definition) is 2. The molecule has 0 spiro atoms. The van der Waals surface area contributed by atoms with Crippen LogP contribution in [0.15, 0.2) is 66.7 Å². The molecule has 3 N–H and O–H groups in total. The molecule has 0 aliphatic rings. The van der Waals surface area contributed by atoms with Crippen molar-refractivity contribution in [1.29, 1.82) is 0 Å². The number of non-ortho nitro benzene ring substituents is 1. The van der Waals surface area contributed by atoms with E-state index in [9.17, 15) is 33.8 Å². The van der Waals surface area contributed by atoms with E-state index in [2.05, 4.69) is 0 Å². The molecule has 34 heavy (non-hydrogen) atoms. The maximum atomic E-state index is 13.6. The summed E-state index contributed by atoms with van der Waals surface area (Å²) in [5, 5.41) is 29.3. The van der Waals surface area contributed by atoms with Crippen LogP contribution in [0.2, 0.25) is 0 Å². The third kappa shape index (κ3) is 7.03. The number of nitrogens with zero attached hydrogens (tertiary/aromatic N) is 2. The van der Waals surface area contributed by atoms with E-state index >= 15 is 0 Å². The van der Waals surface area contributed by atoms with E-state index in [0.29, 0.717) is 19.0 Å². The highest BCUT2D eigenvalue weighted by molar-refractivity contribution is 5.92. The predicted molar refractivity (Wildman–Crippen MR) is 117 cm³/mol. The second-order valence-electron chi connectivity index (χ2n) is 6.69. The lowest BCUT2D eigenvalue weighted by molar-refractivity contribution is -0.394. The lowest BCUT2D eigenvalue weighted by atomic mass is 10.1. The van der Waals surface area contributed by atoms with Crippen LogP contribution in [0.3, 0.4) is 0 Å². The van der Waals surface area contributed by atoms with Crippen molar-refractivity contribution in [3.63, 3.8) is 0 Å². The summed E-state index contributed by atoms with van der Waals surface area (Å²) in [6.45, 7) is 0.419. The SMILES string of the molecule is NCCC(Oc1ccc(F)cc1F)c1ccccc1.O=C(O)c1ccc([N+](=O)[O-])cc1[N+](=O)[O-]. The van der Waals surface area contributed by atoms with Crippen molar-refractivity contribution in [3.8, 4) is 5.75 Å². The zero-order valence-corrected chi connectivity index (χ0v) is 17.5. The normalized spacial score (nSPS) is 11.0. The number of ether oxygens (including phenoxy) is 1. The van der Waals surface area contributed by atoms with E-state index in [1.54, 1.807) is 0 Å². The van der Waals surface area contributed by atoms with Crippen molar-refractivity contribution < 1.29 is 33.3 Å². The third-order valence-corrected chi connectivity index (χ3v) is 4.38. The summed E-state index contributed by atoms with van der Waals surface area (Å²) in [5.41, 5.74) is 4.57. The molecule has 10 nitrogen and oxygen atoms in total. The summed E-state index contributed by atoms with van der Waals surface area (Å²) in [6.07, 6.45) is 0.215. The van der Waals surface area contributed by atoms with Crippen LogP contribution in [0.25, 0.3) is 0 Å². The quantitative estimate of drug-likeness (QED) is 0.352. The number of rotatable bonds is 8. The van der Waals surface area contributed by atoms with Crippen LogP contribution in [0, 0.1) is 31.9 Å². The highest BCUT2D eigenvalue weighted by Crippen LogP contribution is 2.27. The fraction of sp³-hybridized carbons (Fsp3) is 0.136. The standard InChI is InChI=1S/C15H15F2NO.C7H4N2O6/c16-12-6-7-15(13(17)10-12)19-14(8-9-18)11-4-2-1-3-5-11;10-7(11)5-2-1-4(8(12)13)3-6(5)9(14)15/h1-7,10,14H,8-9,18H2;1-3H,(H,10,11). The molecule has 12 heteroatoms.